The van der Waals surface area contributed by atoms with Crippen LogP contribution in [0.3, 0.4) is 0 Å². The number of rotatable bonds is 7. The van der Waals surface area contributed by atoms with E-state index < -0.39 is 21.7 Å². The molecule has 4 aromatic rings. The molecule has 39 heavy (non-hydrogen) atoms. The summed E-state index contributed by atoms with van der Waals surface area (Å²) in [5.74, 6) is -0.937. The largest absolute Gasteiger partial charge is 0.332 e. The Morgan fingerprint density at radius 2 is 1.87 bits per heavy atom. The Bertz CT molecular complexity index is 1670. The van der Waals surface area contributed by atoms with E-state index in [-0.39, 0.29) is 28.5 Å². The second-order valence-corrected chi connectivity index (χ2v) is 13.6. The first-order chi connectivity index (χ1) is 18.4. The number of likely N-dealkylation sites (tertiary alicyclic amines) is 1. The molecule has 5 rings (SSSR count). The van der Waals surface area contributed by atoms with E-state index in [1.807, 2.05) is 26.8 Å². The van der Waals surface area contributed by atoms with Gasteiger partial charge in [-0.1, -0.05) is 61.0 Å². The summed E-state index contributed by atoms with van der Waals surface area (Å²) < 4.78 is 44.6. The van der Waals surface area contributed by atoms with Gasteiger partial charge in [0.1, 0.15) is 5.82 Å². The molecule has 2 heterocycles. The number of aryl methyl sites for hydroxylation is 1. The summed E-state index contributed by atoms with van der Waals surface area (Å²) in [5, 5.41) is 9.46. The zero-order chi connectivity index (χ0) is 28.1. The predicted molar refractivity (Wildman–Crippen MR) is 150 cm³/mol. The van der Waals surface area contributed by atoms with Crippen molar-refractivity contribution in [1.82, 2.24) is 24.2 Å². The summed E-state index contributed by atoms with van der Waals surface area (Å²) in [6.45, 7) is 6.84. The first-order valence-corrected chi connectivity index (χ1v) is 14.7. The maximum atomic E-state index is 15.5. The van der Waals surface area contributed by atoms with E-state index in [9.17, 15) is 13.2 Å². The minimum Gasteiger partial charge on any atom is -0.332 e. The van der Waals surface area contributed by atoms with Crippen molar-refractivity contribution in [2.24, 2.45) is 5.41 Å². The lowest BCUT2D eigenvalue weighted by Crippen LogP contribution is -2.65. The molecule has 1 amide bonds. The van der Waals surface area contributed by atoms with Crippen molar-refractivity contribution < 1.29 is 17.6 Å². The number of nitrogens with zero attached hydrogens (tertiary/aromatic N) is 5. The topological polar surface area (TPSA) is 88.4 Å². The van der Waals surface area contributed by atoms with Gasteiger partial charge in [0.05, 0.1) is 35.3 Å². The lowest BCUT2D eigenvalue weighted by atomic mass is 9.74. The van der Waals surface area contributed by atoms with Crippen LogP contribution in [0.5, 0.6) is 0 Å². The highest BCUT2D eigenvalue weighted by Gasteiger charge is 2.49. The Hall–Kier alpha value is -3.15. The number of benzene rings is 3. The van der Waals surface area contributed by atoms with Crippen molar-refractivity contribution in [2.45, 2.75) is 44.8 Å². The normalized spacial score (nSPS) is 17.0. The quantitative estimate of drug-likeness (QED) is 0.292. The number of aromatic nitrogens is 3. The monoisotopic (exact) mass is 613 g/mol. The minimum atomic E-state index is -3.69. The fraction of sp³-hybridized carbons (Fsp3) is 0.321. The molecule has 1 aliphatic rings. The molecular formula is C28H29BrFN5O3S. The summed E-state index contributed by atoms with van der Waals surface area (Å²) >= 11 is 3.40. The standard InChI is InChI=1S/C28H29BrFN5O3S/c1-18-9-11-21(12-10-18)39(37,38)33(4)14-20-15-34(32-31-20)16-24-28(2,3)17-35(24)27(36)25-23(29)13-19-7-5-6-8-22(19)26(25)30/h5-13,15,24H,14,16-17H2,1-4H3. The average Bonchev–Trinajstić information content (AvgIpc) is 3.33. The van der Waals surface area contributed by atoms with E-state index in [1.165, 1.54) is 11.4 Å². The van der Waals surface area contributed by atoms with E-state index in [4.69, 9.17) is 0 Å². The summed E-state index contributed by atoms with van der Waals surface area (Å²) in [7, 11) is -2.19. The van der Waals surface area contributed by atoms with Crippen LogP contribution in [0.25, 0.3) is 10.8 Å². The van der Waals surface area contributed by atoms with Gasteiger partial charge in [-0.2, -0.15) is 4.31 Å². The third-order valence-corrected chi connectivity index (χ3v) is 9.77. The van der Waals surface area contributed by atoms with Gasteiger partial charge in [-0.15, -0.1) is 5.10 Å². The van der Waals surface area contributed by atoms with Gasteiger partial charge in [0, 0.05) is 35.1 Å². The fourth-order valence-corrected chi connectivity index (χ4v) is 6.75. The zero-order valence-electron chi connectivity index (χ0n) is 22.1. The Balaban J connectivity index is 1.33. The molecule has 0 aliphatic carbocycles. The third kappa shape index (κ3) is 5.10. The molecule has 1 atom stereocenters. The van der Waals surface area contributed by atoms with E-state index in [0.29, 0.717) is 34.0 Å². The van der Waals surface area contributed by atoms with Crippen LogP contribution in [0.15, 0.2) is 70.2 Å². The molecule has 1 saturated heterocycles. The summed E-state index contributed by atoms with van der Waals surface area (Å²) in [4.78, 5) is 15.4. The van der Waals surface area contributed by atoms with Crippen LogP contribution in [0.1, 0.15) is 35.5 Å². The number of fused-ring (bicyclic) bond motifs is 1. The van der Waals surface area contributed by atoms with E-state index in [0.717, 1.165) is 5.56 Å². The molecule has 3 aromatic carbocycles. The molecule has 0 saturated carbocycles. The van der Waals surface area contributed by atoms with Crippen molar-refractivity contribution in [1.29, 1.82) is 0 Å². The lowest BCUT2D eigenvalue weighted by molar-refractivity contribution is -0.0398. The van der Waals surface area contributed by atoms with E-state index in [1.54, 1.807) is 64.3 Å². The van der Waals surface area contributed by atoms with Crippen molar-refractivity contribution in [2.75, 3.05) is 13.6 Å². The number of sulfonamides is 1. The van der Waals surface area contributed by atoms with Gasteiger partial charge in [0.15, 0.2) is 0 Å². The van der Waals surface area contributed by atoms with Gasteiger partial charge < -0.3 is 4.90 Å². The highest BCUT2D eigenvalue weighted by molar-refractivity contribution is 9.10. The minimum absolute atomic E-state index is 0.0106. The lowest BCUT2D eigenvalue weighted by Gasteiger charge is -2.54. The molecule has 0 bridgehead atoms. The molecule has 1 fully saturated rings. The van der Waals surface area contributed by atoms with Crippen LogP contribution in [0.2, 0.25) is 0 Å². The van der Waals surface area contributed by atoms with Gasteiger partial charge in [-0.3, -0.25) is 9.48 Å². The van der Waals surface area contributed by atoms with Crippen molar-refractivity contribution >= 4 is 42.6 Å². The molecule has 1 aromatic heterocycles. The molecule has 0 spiro atoms. The number of carbonyl (C=O) groups excluding carboxylic acids is 1. The summed E-state index contributed by atoms with van der Waals surface area (Å²) in [6, 6.07) is 15.2. The van der Waals surface area contributed by atoms with Gasteiger partial charge in [-0.05, 0) is 46.4 Å². The van der Waals surface area contributed by atoms with E-state index in [2.05, 4.69) is 26.2 Å². The van der Waals surface area contributed by atoms with Crippen LogP contribution in [0.4, 0.5) is 4.39 Å². The second kappa shape index (κ2) is 10.1. The van der Waals surface area contributed by atoms with Gasteiger partial charge >= 0.3 is 0 Å². The van der Waals surface area contributed by atoms with Crippen LogP contribution in [-0.4, -0.2) is 58.2 Å². The molecule has 1 aliphatic heterocycles. The Morgan fingerprint density at radius 3 is 2.56 bits per heavy atom. The van der Waals surface area contributed by atoms with Gasteiger partial charge in [0.2, 0.25) is 10.0 Å². The highest BCUT2D eigenvalue weighted by Crippen LogP contribution is 2.40. The summed E-state index contributed by atoms with van der Waals surface area (Å²) in [5.41, 5.74) is 1.23. The zero-order valence-corrected chi connectivity index (χ0v) is 24.5. The predicted octanol–water partition coefficient (Wildman–Crippen LogP) is 5.01. The van der Waals surface area contributed by atoms with Crippen LogP contribution >= 0.6 is 15.9 Å². The van der Waals surface area contributed by atoms with Gasteiger partial charge in [0.25, 0.3) is 5.91 Å². The van der Waals surface area contributed by atoms with Crippen LogP contribution < -0.4 is 0 Å². The maximum Gasteiger partial charge on any atom is 0.258 e. The highest BCUT2D eigenvalue weighted by atomic mass is 79.9. The average molecular weight is 615 g/mol. The Morgan fingerprint density at radius 1 is 1.18 bits per heavy atom. The molecule has 1 unspecified atom stereocenters. The SMILES string of the molecule is Cc1ccc(S(=O)(=O)N(C)Cc2cn(CC3N(C(=O)c4c(Br)cc5ccccc5c4F)CC3(C)C)nn2)cc1. The maximum absolute atomic E-state index is 15.5. The first kappa shape index (κ1) is 27.4. The second-order valence-electron chi connectivity index (χ2n) is 10.7. The van der Waals surface area contributed by atoms with Crippen molar-refractivity contribution in [3.8, 4) is 0 Å². The van der Waals surface area contributed by atoms with E-state index >= 15 is 4.39 Å². The number of hydrogen-bond acceptors (Lipinski definition) is 5. The summed E-state index contributed by atoms with van der Waals surface area (Å²) in [6.07, 6.45) is 1.69. The number of hydrogen-bond donors (Lipinski definition) is 0. The Labute approximate surface area is 235 Å². The molecule has 204 valence electrons. The molecule has 0 N–H and O–H groups in total. The fourth-order valence-electron chi connectivity index (χ4n) is 5.01. The van der Waals surface area contributed by atoms with Gasteiger partial charge in [-0.25, -0.2) is 12.8 Å². The van der Waals surface area contributed by atoms with Crippen LogP contribution in [0, 0.1) is 18.2 Å². The molecule has 0 radical (unpaired) electrons. The number of halogens is 2. The number of amides is 1. The first-order valence-electron chi connectivity index (χ1n) is 12.5. The number of carbonyl (C=O) groups is 1. The van der Waals surface area contributed by atoms with Crippen molar-refractivity contribution in [3.63, 3.8) is 0 Å². The Kier molecular flexibility index (Phi) is 7.11. The third-order valence-electron chi connectivity index (χ3n) is 7.33. The van der Waals surface area contributed by atoms with Crippen LogP contribution in [-0.2, 0) is 23.1 Å². The molecule has 8 nitrogen and oxygen atoms in total. The van der Waals surface area contributed by atoms with Crippen molar-refractivity contribution in [3.05, 3.63) is 87.9 Å². The molecule has 11 heteroatoms. The smallest absolute Gasteiger partial charge is 0.258 e. The molecular weight excluding hydrogens is 585 g/mol.